The average Bonchev–Trinajstić information content (AvgIpc) is 2.80. The van der Waals surface area contributed by atoms with Crippen molar-refractivity contribution in [2.75, 3.05) is 18.8 Å². The number of nitrogens with zero attached hydrogens (tertiary/aromatic N) is 2. The van der Waals surface area contributed by atoms with Gasteiger partial charge in [-0.2, -0.15) is 5.26 Å². The number of benzene rings is 2. The van der Waals surface area contributed by atoms with Crippen molar-refractivity contribution in [3.63, 3.8) is 0 Å². The molecule has 0 bridgehead atoms. The predicted octanol–water partition coefficient (Wildman–Crippen LogP) is 3.92. The van der Waals surface area contributed by atoms with Crippen molar-refractivity contribution in [1.82, 2.24) is 10.2 Å². The van der Waals surface area contributed by atoms with E-state index in [0.717, 1.165) is 66.2 Å². The number of anilines is 1. The van der Waals surface area contributed by atoms with Gasteiger partial charge in [0.25, 0.3) is 5.91 Å². The minimum Gasteiger partial charge on any atom is -0.480 e. The van der Waals surface area contributed by atoms with Gasteiger partial charge in [-0.05, 0) is 87.4 Å². The number of nitrogens with two attached hydrogens (primary N) is 1. The maximum Gasteiger partial charge on any atom is 0.260 e. The normalized spacial score (nSPS) is 15.8. The molecule has 1 unspecified atom stereocenters. The van der Waals surface area contributed by atoms with Crippen LogP contribution in [0.4, 0.5) is 5.69 Å². The van der Waals surface area contributed by atoms with Crippen LogP contribution in [0.3, 0.4) is 0 Å². The quantitative estimate of drug-likeness (QED) is 0.673. The lowest BCUT2D eigenvalue weighted by molar-refractivity contribution is -0.128. The van der Waals surface area contributed by atoms with Crippen LogP contribution in [0.25, 0.3) is 0 Å². The highest BCUT2D eigenvalue weighted by atomic mass is 16.5. The summed E-state index contributed by atoms with van der Waals surface area (Å²) < 4.78 is 6.11. The Hall–Kier alpha value is -3.04. The molecule has 0 aliphatic carbocycles. The summed E-state index contributed by atoms with van der Waals surface area (Å²) in [5.41, 5.74) is 12.8. The number of piperidine rings is 1. The lowest BCUT2D eigenvalue weighted by atomic mass is 9.97. The van der Waals surface area contributed by atoms with E-state index in [4.69, 9.17) is 15.7 Å². The number of carbonyl (C=O) groups is 1. The van der Waals surface area contributed by atoms with Crippen LogP contribution in [0.1, 0.15) is 53.1 Å². The lowest BCUT2D eigenvalue weighted by Gasteiger charge is -2.33. The molecule has 32 heavy (non-hydrogen) atoms. The topological polar surface area (TPSA) is 91.4 Å². The van der Waals surface area contributed by atoms with Gasteiger partial charge in [-0.3, -0.25) is 9.69 Å². The fourth-order valence-electron chi connectivity index (χ4n) is 4.21. The van der Waals surface area contributed by atoms with E-state index in [-0.39, 0.29) is 11.9 Å². The van der Waals surface area contributed by atoms with E-state index >= 15 is 0 Å². The van der Waals surface area contributed by atoms with Crippen molar-refractivity contribution in [2.45, 2.75) is 66.2 Å². The summed E-state index contributed by atoms with van der Waals surface area (Å²) in [7, 11) is 0. The Morgan fingerprint density at radius 1 is 1.12 bits per heavy atom. The molecule has 2 aromatic rings. The molecule has 3 rings (SSSR count). The Balaban J connectivity index is 1.52. The van der Waals surface area contributed by atoms with Crippen LogP contribution < -0.4 is 15.8 Å². The minimum atomic E-state index is -0.577. The molecule has 1 atom stereocenters. The second-order valence-corrected chi connectivity index (χ2v) is 8.87. The highest BCUT2D eigenvalue weighted by Gasteiger charge is 2.25. The van der Waals surface area contributed by atoms with Crippen LogP contribution in [0, 0.1) is 39.0 Å². The first-order valence-electron chi connectivity index (χ1n) is 11.3. The zero-order chi connectivity index (χ0) is 23.4. The summed E-state index contributed by atoms with van der Waals surface area (Å²) >= 11 is 0. The van der Waals surface area contributed by atoms with Gasteiger partial charge in [0.05, 0.1) is 11.6 Å². The van der Waals surface area contributed by atoms with Crippen molar-refractivity contribution in [2.24, 2.45) is 0 Å². The van der Waals surface area contributed by atoms with E-state index in [0.29, 0.717) is 5.56 Å². The number of nitriles is 1. The van der Waals surface area contributed by atoms with Crippen LogP contribution in [-0.4, -0.2) is 36.0 Å². The smallest absolute Gasteiger partial charge is 0.260 e. The summed E-state index contributed by atoms with van der Waals surface area (Å²) in [6.07, 6.45) is 1.24. The van der Waals surface area contributed by atoms with Crippen molar-refractivity contribution in [3.05, 3.63) is 57.6 Å². The summed E-state index contributed by atoms with van der Waals surface area (Å²) in [5, 5.41) is 12.1. The van der Waals surface area contributed by atoms with E-state index < -0.39 is 6.10 Å². The standard InChI is InChI=1S/C26H34N4O2/c1-16-18(3)25(19(4)17(2)24(16)28)32-20(5)26(31)29-23-10-12-30(13-11-23)15-22-8-6-21(14-27)7-9-22/h6-9,20,23H,10-13,15,28H2,1-5H3,(H,29,31). The van der Waals surface area contributed by atoms with Crippen molar-refractivity contribution in [1.29, 1.82) is 5.26 Å². The summed E-state index contributed by atoms with van der Waals surface area (Å²) in [6, 6.07) is 10.0. The zero-order valence-electron chi connectivity index (χ0n) is 19.8. The molecule has 6 heteroatoms. The molecule has 1 fully saturated rings. The Kier molecular flexibility index (Phi) is 7.42. The second kappa shape index (κ2) is 10.1. The number of hydrogen-bond donors (Lipinski definition) is 2. The molecule has 0 radical (unpaired) electrons. The third-order valence-corrected chi connectivity index (χ3v) is 6.70. The molecular weight excluding hydrogens is 400 g/mol. The molecule has 2 aromatic carbocycles. The van der Waals surface area contributed by atoms with Gasteiger partial charge in [0.2, 0.25) is 0 Å². The Morgan fingerprint density at radius 3 is 2.22 bits per heavy atom. The summed E-state index contributed by atoms with van der Waals surface area (Å²) in [5.74, 6) is 0.676. The number of nitrogens with one attached hydrogen (secondary N) is 1. The maximum atomic E-state index is 12.8. The average molecular weight is 435 g/mol. The van der Waals surface area contributed by atoms with Gasteiger partial charge in [-0.25, -0.2) is 0 Å². The Labute approximate surface area is 191 Å². The van der Waals surface area contributed by atoms with Crippen LogP contribution in [0.15, 0.2) is 24.3 Å². The first-order valence-corrected chi connectivity index (χ1v) is 11.3. The van der Waals surface area contributed by atoms with Crippen LogP contribution >= 0.6 is 0 Å². The molecule has 0 aromatic heterocycles. The first kappa shape index (κ1) is 23.6. The molecule has 3 N–H and O–H groups in total. The summed E-state index contributed by atoms with van der Waals surface area (Å²) in [4.78, 5) is 15.2. The van der Waals surface area contributed by atoms with E-state index in [1.165, 1.54) is 5.56 Å². The van der Waals surface area contributed by atoms with Gasteiger partial charge >= 0.3 is 0 Å². The van der Waals surface area contributed by atoms with E-state index in [1.54, 1.807) is 6.92 Å². The molecule has 6 nitrogen and oxygen atoms in total. The highest BCUT2D eigenvalue weighted by Crippen LogP contribution is 2.34. The van der Waals surface area contributed by atoms with Crippen LogP contribution in [-0.2, 0) is 11.3 Å². The third kappa shape index (κ3) is 5.23. The SMILES string of the molecule is Cc1c(C)c(OC(C)C(=O)NC2CCN(Cc3ccc(C#N)cc3)CC2)c(C)c(C)c1N. The van der Waals surface area contributed by atoms with Gasteiger partial charge in [-0.1, -0.05) is 12.1 Å². The Bertz CT molecular complexity index is 987. The van der Waals surface area contributed by atoms with Gasteiger partial charge in [0.1, 0.15) is 5.75 Å². The molecule has 1 aliphatic rings. The number of carbonyl (C=O) groups excluding carboxylic acids is 1. The second-order valence-electron chi connectivity index (χ2n) is 8.87. The van der Waals surface area contributed by atoms with Gasteiger partial charge in [0.15, 0.2) is 6.10 Å². The van der Waals surface area contributed by atoms with Gasteiger partial charge in [0, 0.05) is 31.4 Å². The minimum absolute atomic E-state index is 0.0820. The van der Waals surface area contributed by atoms with Crippen molar-refractivity contribution in [3.8, 4) is 11.8 Å². The highest BCUT2D eigenvalue weighted by molar-refractivity contribution is 5.81. The van der Waals surface area contributed by atoms with Gasteiger partial charge in [-0.15, -0.1) is 0 Å². The number of nitrogen functional groups attached to an aromatic ring is 1. The number of hydrogen-bond acceptors (Lipinski definition) is 5. The Morgan fingerprint density at radius 2 is 1.69 bits per heavy atom. The van der Waals surface area contributed by atoms with Crippen molar-refractivity contribution >= 4 is 11.6 Å². The molecule has 1 amide bonds. The molecule has 1 saturated heterocycles. The number of ether oxygens (including phenoxy) is 1. The predicted molar refractivity (Wildman–Crippen MR) is 127 cm³/mol. The van der Waals surface area contributed by atoms with Crippen LogP contribution in [0.5, 0.6) is 5.75 Å². The number of rotatable bonds is 6. The molecule has 170 valence electrons. The monoisotopic (exact) mass is 434 g/mol. The largest absolute Gasteiger partial charge is 0.480 e. The van der Waals surface area contributed by atoms with E-state index in [1.807, 2.05) is 52.0 Å². The third-order valence-electron chi connectivity index (χ3n) is 6.70. The maximum absolute atomic E-state index is 12.8. The fourth-order valence-corrected chi connectivity index (χ4v) is 4.21. The molecular formula is C26H34N4O2. The molecule has 1 aliphatic heterocycles. The number of amides is 1. The fraction of sp³-hybridized carbons (Fsp3) is 0.462. The first-order chi connectivity index (χ1) is 15.2. The zero-order valence-corrected chi connectivity index (χ0v) is 19.8. The lowest BCUT2D eigenvalue weighted by Crippen LogP contribution is -2.48. The number of likely N-dealkylation sites (tertiary alicyclic amines) is 1. The molecule has 0 spiro atoms. The molecule has 1 heterocycles. The van der Waals surface area contributed by atoms with Crippen LogP contribution in [0.2, 0.25) is 0 Å². The molecule has 0 saturated carbocycles. The van der Waals surface area contributed by atoms with E-state index in [2.05, 4.69) is 16.3 Å². The summed E-state index contributed by atoms with van der Waals surface area (Å²) in [6.45, 7) is 12.5. The van der Waals surface area contributed by atoms with Crippen molar-refractivity contribution < 1.29 is 9.53 Å². The van der Waals surface area contributed by atoms with Gasteiger partial charge < -0.3 is 15.8 Å². The van der Waals surface area contributed by atoms with E-state index in [9.17, 15) is 4.79 Å².